The smallest absolute Gasteiger partial charge is 0.322 e. The van der Waals surface area contributed by atoms with Crippen LogP contribution in [0, 0.1) is 11.8 Å². The van der Waals surface area contributed by atoms with Crippen molar-refractivity contribution in [2.24, 2.45) is 11.8 Å². The van der Waals surface area contributed by atoms with Crippen molar-refractivity contribution in [1.29, 1.82) is 0 Å². The Kier molecular flexibility index (Phi) is 4.38. The maximum atomic E-state index is 10.6. The van der Waals surface area contributed by atoms with Crippen LogP contribution in [0.3, 0.4) is 0 Å². The van der Waals surface area contributed by atoms with Crippen LogP contribution >= 0.6 is 15.9 Å². The molecule has 0 heterocycles. The average Bonchev–Trinajstić information content (AvgIpc) is 2.79. The van der Waals surface area contributed by atoms with E-state index in [0.29, 0.717) is 0 Å². The molecule has 2 unspecified atom stereocenters. The van der Waals surface area contributed by atoms with Crippen molar-refractivity contribution in [3.8, 4) is 0 Å². The van der Waals surface area contributed by atoms with Crippen LogP contribution in [0.5, 0.6) is 0 Å². The molecule has 0 N–H and O–H groups in total. The monoisotopic (exact) mass is 274 g/mol. The second kappa shape index (κ2) is 5.15. The molecule has 0 aliphatic heterocycles. The molecule has 2 atom stereocenters. The van der Waals surface area contributed by atoms with Gasteiger partial charge in [-0.15, -0.1) is 0 Å². The van der Waals surface area contributed by atoms with Crippen molar-refractivity contribution in [3.05, 3.63) is 12.2 Å². The summed E-state index contributed by atoms with van der Waals surface area (Å²) in [5.41, 5.74) is 0. The first-order chi connectivity index (χ1) is 6.93. The number of methoxy groups -OCH3 is 1. The number of rotatable bonds is 1. The van der Waals surface area contributed by atoms with Gasteiger partial charge in [-0.25, -0.2) is 0 Å². The van der Waals surface area contributed by atoms with Crippen molar-refractivity contribution in [2.75, 3.05) is 7.11 Å². The van der Waals surface area contributed by atoms with Crippen LogP contribution in [0.25, 0.3) is 0 Å². The van der Waals surface area contributed by atoms with Gasteiger partial charge < -0.3 is 4.74 Å². The zero-order valence-corrected chi connectivity index (χ0v) is 11.2. The molecule has 2 aliphatic carbocycles. The minimum Gasteiger partial charge on any atom is -0.468 e. The Hall–Kier alpha value is -0.310. The Morgan fingerprint density at radius 3 is 1.87 bits per heavy atom. The molecule has 2 aliphatic rings. The van der Waals surface area contributed by atoms with Crippen molar-refractivity contribution < 1.29 is 9.53 Å². The third-order valence-electron chi connectivity index (χ3n) is 2.84. The Bertz CT molecular complexity index is 241. The number of halogens is 1. The number of alkyl halides is 1. The summed E-state index contributed by atoms with van der Waals surface area (Å²) in [5.74, 6) is 1.73. The molecule has 0 radical (unpaired) electrons. The predicted octanol–water partition coefficient (Wildman–Crippen LogP) is 3.31. The number of ether oxygens (including phenoxy) is 1. The van der Waals surface area contributed by atoms with Crippen molar-refractivity contribution in [1.82, 2.24) is 0 Å². The van der Waals surface area contributed by atoms with E-state index in [1.807, 2.05) is 0 Å². The minimum absolute atomic E-state index is 0.252. The molecule has 2 bridgehead atoms. The number of fused-ring (bicyclic) bond motifs is 2. The SMILES string of the molecule is C1=CC2CCC1C2.COC(=O)C(C)(C)Br. The molecule has 2 rings (SSSR count). The van der Waals surface area contributed by atoms with Gasteiger partial charge in [-0.05, 0) is 44.9 Å². The van der Waals surface area contributed by atoms with Gasteiger partial charge in [0.2, 0.25) is 0 Å². The molecule has 2 nitrogen and oxygen atoms in total. The summed E-state index contributed by atoms with van der Waals surface area (Å²) in [4.78, 5) is 10.6. The molecule has 0 aromatic rings. The van der Waals surface area contributed by atoms with Crippen LogP contribution in [0.15, 0.2) is 12.2 Å². The lowest BCUT2D eigenvalue weighted by Gasteiger charge is -2.10. The van der Waals surface area contributed by atoms with E-state index >= 15 is 0 Å². The summed E-state index contributed by atoms with van der Waals surface area (Å²) < 4.78 is 3.89. The minimum atomic E-state index is -0.540. The molecule has 0 spiro atoms. The molecule has 0 saturated heterocycles. The highest BCUT2D eigenvalue weighted by atomic mass is 79.9. The Labute approximate surface area is 100 Å². The molecule has 0 aromatic carbocycles. The summed E-state index contributed by atoms with van der Waals surface area (Å²) in [7, 11) is 1.37. The number of carbonyl (C=O) groups excluding carboxylic acids is 1. The van der Waals surface area contributed by atoms with E-state index in [1.54, 1.807) is 13.8 Å². The molecule has 1 saturated carbocycles. The van der Waals surface area contributed by atoms with Crippen LogP contribution in [0.4, 0.5) is 0 Å². The fourth-order valence-electron chi connectivity index (χ4n) is 1.96. The summed E-state index contributed by atoms with van der Waals surface area (Å²) >= 11 is 3.13. The number of hydrogen-bond acceptors (Lipinski definition) is 2. The van der Waals surface area contributed by atoms with Gasteiger partial charge in [0.25, 0.3) is 0 Å². The third-order valence-corrected chi connectivity index (χ3v) is 3.16. The molecule has 0 aromatic heterocycles. The van der Waals surface area contributed by atoms with Gasteiger partial charge in [0.1, 0.15) is 4.32 Å². The molecule has 86 valence electrons. The van der Waals surface area contributed by atoms with Gasteiger partial charge in [-0.1, -0.05) is 28.1 Å². The first kappa shape index (κ1) is 12.8. The summed E-state index contributed by atoms with van der Waals surface area (Å²) in [5, 5.41) is 0. The third kappa shape index (κ3) is 3.98. The summed E-state index contributed by atoms with van der Waals surface area (Å²) in [6, 6.07) is 0. The van der Waals surface area contributed by atoms with Crippen molar-refractivity contribution in [3.63, 3.8) is 0 Å². The van der Waals surface area contributed by atoms with E-state index in [4.69, 9.17) is 0 Å². The van der Waals surface area contributed by atoms with E-state index in [9.17, 15) is 4.79 Å². The summed E-state index contributed by atoms with van der Waals surface area (Å²) in [6.07, 6.45) is 9.19. The number of carbonyl (C=O) groups is 1. The fourth-order valence-corrected chi connectivity index (χ4v) is 2.12. The lowest BCUT2D eigenvalue weighted by Crippen LogP contribution is -2.24. The maximum absolute atomic E-state index is 10.6. The van der Waals surface area contributed by atoms with Gasteiger partial charge in [0, 0.05) is 0 Å². The number of hydrogen-bond donors (Lipinski definition) is 0. The summed E-state index contributed by atoms with van der Waals surface area (Å²) in [6.45, 7) is 3.47. The molecular weight excluding hydrogens is 256 g/mol. The second-order valence-corrected chi connectivity index (χ2v) is 6.66. The Morgan fingerprint density at radius 2 is 1.80 bits per heavy atom. The molecular formula is C12H19BrO2. The quantitative estimate of drug-likeness (QED) is 0.417. The highest BCUT2D eigenvalue weighted by Crippen LogP contribution is 2.38. The first-order valence-electron chi connectivity index (χ1n) is 5.39. The van der Waals surface area contributed by atoms with Crippen molar-refractivity contribution >= 4 is 21.9 Å². The average molecular weight is 275 g/mol. The van der Waals surface area contributed by atoms with Crippen LogP contribution < -0.4 is 0 Å². The number of esters is 1. The van der Waals surface area contributed by atoms with Crippen LogP contribution in [0.2, 0.25) is 0 Å². The molecule has 3 heteroatoms. The standard InChI is InChI=1S/C7H10.C5H9BrO2/c1-2-7-4-3-6(1)5-7;1-5(2,6)4(7)8-3/h1-2,6-7H,3-5H2;1-3H3. The van der Waals surface area contributed by atoms with E-state index in [-0.39, 0.29) is 5.97 Å². The molecule has 15 heavy (non-hydrogen) atoms. The Morgan fingerprint density at radius 1 is 1.33 bits per heavy atom. The predicted molar refractivity (Wildman–Crippen MR) is 65.0 cm³/mol. The zero-order valence-electron chi connectivity index (χ0n) is 9.63. The van der Waals surface area contributed by atoms with Crippen LogP contribution in [-0.2, 0) is 9.53 Å². The lowest BCUT2D eigenvalue weighted by atomic mass is 10.1. The van der Waals surface area contributed by atoms with Gasteiger partial charge in [-0.3, -0.25) is 4.79 Å². The highest BCUT2D eigenvalue weighted by Gasteiger charge is 2.25. The van der Waals surface area contributed by atoms with Gasteiger partial charge >= 0.3 is 5.97 Å². The van der Waals surface area contributed by atoms with Gasteiger partial charge in [-0.2, -0.15) is 0 Å². The molecule has 0 amide bonds. The maximum Gasteiger partial charge on any atom is 0.322 e. The van der Waals surface area contributed by atoms with E-state index in [0.717, 1.165) is 11.8 Å². The van der Waals surface area contributed by atoms with Crippen molar-refractivity contribution in [2.45, 2.75) is 37.4 Å². The van der Waals surface area contributed by atoms with Crippen LogP contribution in [0.1, 0.15) is 33.1 Å². The lowest BCUT2D eigenvalue weighted by molar-refractivity contribution is -0.142. The first-order valence-corrected chi connectivity index (χ1v) is 6.18. The van der Waals surface area contributed by atoms with E-state index in [1.165, 1.54) is 26.4 Å². The van der Waals surface area contributed by atoms with E-state index in [2.05, 4.69) is 32.8 Å². The van der Waals surface area contributed by atoms with Crippen LogP contribution in [-0.4, -0.2) is 17.4 Å². The molecule has 1 fully saturated rings. The topological polar surface area (TPSA) is 26.3 Å². The van der Waals surface area contributed by atoms with Gasteiger partial charge in [0.05, 0.1) is 7.11 Å². The van der Waals surface area contributed by atoms with Gasteiger partial charge in [0.15, 0.2) is 0 Å². The fraction of sp³-hybridized carbons (Fsp3) is 0.750. The normalized spacial score (nSPS) is 27.2. The number of allylic oxidation sites excluding steroid dienone is 2. The van der Waals surface area contributed by atoms with E-state index < -0.39 is 4.32 Å². The second-order valence-electron chi connectivity index (χ2n) is 4.68. The largest absolute Gasteiger partial charge is 0.468 e. The zero-order chi connectivity index (χ0) is 11.5. The Balaban J connectivity index is 0.000000150. The highest BCUT2D eigenvalue weighted by molar-refractivity contribution is 9.10.